The number of hydrogen-bond donors (Lipinski definition) is 1. The fraction of sp³-hybridized carbons (Fsp3) is 0.611. The predicted molar refractivity (Wildman–Crippen MR) is 90.1 cm³/mol. The molecule has 0 aromatic heterocycles. The first-order valence-corrected chi connectivity index (χ1v) is 8.14. The standard InChI is InChI=1S/C18H28N2O2/c1-14(19-16-10-6-5-7-11-16)15-9-8-12-20(13-15)17(21)22-18(2,3)4/h5-7,10-11,14-15,19H,8-9,12-13H2,1-4H3/t14-,15-/m1/s1. The van der Waals surface area contributed by atoms with Gasteiger partial charge in [0.15, 0.2) is 0 Å². The third-order valence-electron chi connectivity index (χ3n) is 3.98. The number of nitrogens with zero attached hydrogens (tertiary/aromatic N) is 1. The zero-order chi connectivity index (χ0) is 16.2. The number of amides is 1. The largest absolute Gasteiger partial charge is 0.444 e. The molecule has 0 saturated carbocycles. The van der Waals surface area contributed by atoms with Crippen molar-refractivity contribution in [3.63, 3.8) is 0 Å². The molecule has 1 aromatic carbocycles. The van der Waals surface area contributed by atoms with Gasteiger partial charge in [-0.15, -0.1) is 0 Å². The van der Waals surface area contributed by atoms with Gasteiger partial charge in [-0.25, -0.2) is 4.79 Å². The van der Waals surface area contributed by atoms with Crippen molar-refractivity contribution in [2.75, 3.05) is 18.4 Å². The molecule has 0 spiro atoms. The number of carbonyl (C=O) groups excluding carboxylic acids is 1. The first kappa shape index (κ1) is 16.7. The van der Waals surface area contributed by atoms with Crippen molar-refractivity contribution in [3.05, 3.63) is 30.3 Å². The van der Waals surface area contributed by atoms with E-state index >= 15 is 0 Å². The fourth-order valence-electron chi connectivity index (χ4n) is 2.83. The lowest BCUT2D eigenvalue weighted by Crippen LogP contribution is -2.46. The molecule has 122 valence electrons. The summed E-state index contributed by atoms with van der Waals surface area (Å²) in [5.74, 6) is 0.446. The number of piperidine rings is 1. The Bertz CT molecular complexity index is 482. The highest BCUT2D eigenvalue weighted by Crippen LogP contribution is 2.23. The molecule has 1 saturated heterocycles. The Balaban J connectivity index is 1.91. The average molecular weight is 304 g/mol. The SMILES string of the molecule is C[C@@H](Nc1ccccc1)[C@@H]1CCCN(C(=O)OC(C)(C)C)C1. The van der Waals surface area contributed by atoms with E-state index in [1.807, 2.05) is 43.9 Å². The minimum Gasteiger partial charge on any atom is -0.444 e. The molecular weight excluding hydrogens is 276 g/mol. The zero-order valence-electron chi connectivity index (χ0n) is 14.1. The van der Waals surface area contributed by atoms with Crippen molar-refractivity contribution >= 4 is 11.8 Å². The van der Waals surface area contributed by atoms with E-state index in [9.17, 15) is 4.79 Å². The zero-order valence-corrected chi connectivity index (χ0v) is 14.1. The van der Waals surface area contributed by atoms with Gasteiger partial charge in [-0.1, -0.05) is 18.2 Å². The molecule has 22 heavy (non-hydrogen) atoms. The van der Waals surface area contributed by atoms with Crippen molar-refractivity contribution in [1.82, 2.24) is 4.90 Å². The highest BCUT2D eigenvalue weighted by atomic mass is 16.6. The number of benzene rings is 1. The minimum absolute atomic E-state index is 0.191. The summed E-state index contributed by atoms with van der Waals surface area (Å²) in [5.41, 5.74) is 0.696. The van der Waals surface area contributed by atoms with Crippen LogP contribution in [0.25, 0.3) is 0 Å². The molecule has 1 N–H and O–H groups in total. The van der Waals surface area contributed by atoms with Gasteiger partial charge in [0.2, 0.25) is 0 Å². The number of nitrogens with one attached hydrogen (secondary N) is 1. The van der Waals surface area contributed by atoms with Crippen molar-refractivity contribution < 1.29 is 9.53 Å². The van der Waals surface area contributed by atoms with E-state index in [4.69, 9.17) is 4.74 Å². The molecule has 0 unspecified atom stereocenters. The molecule has 1 heterocycles. The molecule has 0 radical (unpaired) electrons. The van der Waals surface area contributed by atoms with Crippen molar-refractivity contribution in [1.29, 1.82) is 0 Å². The van der Waals surface area contributed by atoms with Gasteiger partial charge in [-0.2, -0.15) is 0 Å². The normalized spacial score (nSPS) is 20.4. The summed E-state index contributed by atoms with van der Waals surface area (Å²) in [4.78, 5) is 14.1. The van der Waals surface area contributed by atoms with Gasteiger partial charge >= 0.3 is 6.09 Å². The van der Waals surface area contributed by atoms with E-state index in [1.54, 1.807) is 0 Å². The fourth-order valence-corrected chi connectivity index (χ4v) is 2.83. The second-order valence-corrected chi connectivity index (χ2v) is 7.13. The van der Waals surface area contributed by atoms with Gasteiger partial charge in [-0.3, -0.25) is 0 Å². The summed E-state index contributed by atoms with van der Waals surface area (Å²) in [7, 11) is 0. The second kappa shape index (κ2) is 7.03. The number of hydrogen-bond acceptors (Lipinski definition) is 3. The lowest BCUT2D eigenvalue weighted by Gasteiger charge is -2.37. The molecule has 0 bridgehead atoms. The smallest absolute Gasteiger partial charge is 0.410 e. The van der Waals surface area contributed by atoms with Crippen LogP contribution in [0.1, 0.15) is 40.5 Å². The number of ether oxygens (including phenoxy) is 1. The van der Waals surface area contributed by atoms with E-state index in [2.05, 4.69) is 24.4 Å². The van der Waals surface area contributed by atoms with Crippen LogP contribution in [-0.2, 0) is 4.74 Å². The van der Waals surface area contributed by atoms with E-state index in [0.29, 0.717) is 12.0 Å². The summed E-state index contributed by atoms with van der Waals surface area (Å²) < 4.78 is 5.49. The van der Waals surface area contributed by atoms with Gasteiger partial charge in [-0.05, 0) is 58.6 Å². The highest BCUT2D eigenvalue weighted by molar-refractivity contribution is 5.68. The lowest BCUT2D eigenvalue weighted by atomic mass is 9.91. The van der Waals surface area contributed by atoms with Crippen LogP contribution in [-0.4, -0.2) is 35.7 Å². The minimum atomic E-state index is -0.433. The highest BCUT2D eigenvalue weighted by Gasteiger charge is 2.30. The van der Waals surface area contributed by atoms with Gasteiger partial charge in [0, 0.05) is 24.8 Å². The van der Waals surface area contributed by atoms with Crippen LogP contribution in [0.5, 0.6) is 0 Å². The molecule has 1 aliphatic rings. The van der Waals surface area contributed by atoms with Crippen LogP contribution in [0.2, 0.25) is 0 Å². The third kappa shape index (κ3) is 4.93. The van der Waals surface area contributed by atoms with Gasteiger partial charge in [0.05, 0.1) is 0 Å². The molecule has 4 heteroatoms. The maximum atomic E-state index is 12.2. The Hall–Kier alpha value is -1.71. The Morgan fingerprint density at radius 1 is 1.32 bits per heavy atom. The summed E-state index contributed by atoms with van der Waals surface area (Å²) in [6, 6.07) is 10.6. The van der Waals surface area contributed by atoms with Crippen molar-refractivity contribution in [2.45, 2.75) is 52.2 Å². The maximum Gasteiger partial charge on any atom is 0.410 e. The molecule has 1 aliphatic heterocycles. The number of anilines is 1. The first-order chi connectivity index (χ1) is 10.3. The summed E-state index contributed by atoms with van der Waals surface area (Å²) in [6.45, 7) is 9.47. The molecular formula is C18H28N2O2. The van der Waals surface area contributed by atoms with Crippen molar-refractivity contribution in [2.24, 2.45) is 5.92 Å². The monoisotopic (exact) mass is 304 g/mol. The number of likely N-dealkylation sites (tertiary alicyclic amines) is 1. The van der Waals surface area contributed by atoms with Crippen LogP contribution >= 0.6 is 0 Å². The van der Waals surface area contributed by atoms with Crippen LogP contribution < -0.4 is 5.32 Å². The van der Waals surface area contributed by atoms with E-state index in [1.165, 1.54) is 0 Å². The second-order valence-electron chi connectivity index (χ2n) is 7.13. The maximum absolute atomic E-state index is 12.2. The Labute approximate surface area is 133 Å². The predicted octanol–water partition coefficient (Wildman–Crippen LogP) is 4.13. The molecule has 1 aromatic rings. The average Bonchev–Trinajstić information content (AvgIpc) is 2.46. The molecule has 0 aliphatic carbocycles. The van der Waals surface area contributed by atoms with E-state index in [-0.39, 0.29) is 6.09 Å². The van der Waals surface area contributed by atoms with Crippen LogP contribution in [0.3, 0.4) is 0 Å². The van der Waals surface area contributed by atoms with E-state index < -0.39 is 5.60 Å². The first-order valence-electron chi connectivity index (χ1n) is 8.14. The van der Waals surface area contributed by atoms with Gasteiger partial charge < -0.3 is 15.0 Å². The van der Waals surface area contributed by atoms with Crippen LogP contribution in [0.15, 0.2) is 30.3 Å². The Kier molecular flexibility index (Phi) is 5.33. The van der Waals surface area contributed by atoms with Crippen molar-refractivity contribution in [3.8, 4) is 0 Å². The summed E-state index contributed by atoms with van der Waals surface area (Å²) in [5, 5.41) is 3.54. The lowest BCUT2D eigenvalue weighted by molar-refractivity contribution is 0.0159. The molecule has 4 nitrogen and oxygen atoms in total. The Morgan fingerprint density at radius 2 is 2.00 bits per heavy atom. The molecule has 2 rings (SSSR count). The summed E-state index contributed by atoms with van der Waals surface area (Å²) in [6.07, 6.45) is 1.98. The number of para-hydroxylation sites is 1. The quantitative estimate of drug-likeness (QED) is 0.912. The number of carbonyl (C=O) groups is 1. The van der Waals surface area contributed by atoms with Gasteiger partial charge in [0.1, 0.15) is 5.60 Å². The number of rotatable bonds is 3. The third-order valence-corrected chi connectivity index (χ3v) is 3.98. The van der Waals surface area contributed by atoms with Crippen LogP contribution in [0, 0.1) is 5.92 Å². The molecule has 2 atom stereocenters. The van der Waals surface area contributed by atoms with Crippen LogP contribution in [0.4, 0.5) is 10.5 Å². The molecule has 1 fully saturated rings. The van der Waals surface area contributed by atoms with Gasteiger partial charge in [0.25, 0.3) is 0 Å². The molecule has 1 amide bonds. The van der Waals surface area contributed by atoms with E-state index in [0.717, 1.165) is 31.6 Å². The topological polar surface area (TPSA) is 41.6 Å². The Morgan fingerprint density at radius 3 is 2.64 bits per heavy atom. The summed E-state index contributed by atoms with van der Waals surface area (Å²) >= 11 is 0.